The van der Waals surface area contributed by atoms with Crippen molar-refractivity contribution in [3.8, 4) is 0 Å². The van der Waals surface area contributed by atoms with Gasteiger partial charge in [0.2, 0.25) is 0 Å². The highest BCUT2D eigenvalue weighted by atomic mass is 79.9. The average molecular weight is 390 g/mol. The van der Waals surface area contributed by atoms with Crippen LogP contribution in [0.3, 0.4) is 0 Å². The fourth-order valence-electron chi connectivity index (χ4n) is 2.13. The fraction of sp³-hybridized carbons (Fsp3) is 0.286. The molecule has 1 aromatic carbocycles. The molecule has 0 atom stereocenters. The summed E-state index contributed by atoms with van der Waals surface area (Å²) in [4.78, 5) is 7.79. The molecular weight excluding hydrogens is 379 g/mol. The molecule has 0 amide bonds. The SMILES string of the molecule is S=c1nc(Cc2c(Cl)cccc2Cl)[nH]c(C2CC2)c1Br. The van der Waals surface area contributed by atoms with Crippen molar-refractivity contribution in [3.05, 3.63) is 54.4 Å². The fourth-order valence-corrected chi connectivity index (χ4v) is 3.39. The lowest BCUT2D eigenvalue weighted by atomic mass is 10.1. The van der Waals surface area contributed by atoms with E-state index in [9.17, 15) is 0 Å². The van der Waals surface area contributed by atoms with Gasteiger partial charge in [0.05, 0.1) is 4.47 Å². The Morgan fingerprint density at radius 3 is 2.55 bits per heavy atom. The van der Waals surface area contributed by atoms with Gasteiger partial charge in [-0.15, -0.1) is 0 Å². The summed E-state index contributed by atoms with van der Waals surface area (Å²) >= 11 is 21.2. The quantitative estimate of drug-likeness (QED) is 0.684. The third-order valence-electron chi connectivity index (χ3n) is 3.33. The number of H-pyrrole nitrogens is 1. The molecule has 1 aromatic heterocycles. The lowest BCUT2D eigenvalue weighted by molar-refractivity contribution is 0.883. The second kappa shape index (κ2) is 5.76. The van der Waals surface area contributed by atoms with E-state index >= 15 is 0 Å². The highest BCUT2D eigenvalue weighted by molar-refractivity contribution is 9.10. The Balaban J connectivity index is 2.01. The van der Waals surface area contributed by atoms with E-state index in [0.29, 0.717) is 27.0 Å². The van der Waals surface area contributed by atoms with Crippen LogP contribution in [-0.2, 0) is 6.42 Å². The number of aromatic amines is 1. The summed E-state index contributed by atoms with van der Waals surface area (Å²) in [6.07, 6.45) is 2.94. The summed E-state index contributed by atoms with van der Waals surface area (Å²) in [5, 5.41) is 1.30. The minimum Gasteiger partial charge on any atom is -0.346 e. The van der Waals surface area contributed by atoms with Crippen molar-refractivity contribution in [3.63, 3.8) is 0 Å². The lowest BCUT2D eigenvalue weighted by Gasteiger charge is -2.10. The Hall–Kier alpha value is -0.420. The first kappa shape index (κ1) is 14.5. The van der Waals surface area contributed by atoms with Crippen molar-refractivity contribution in [1.82, 2.24) is 9.97 Å². The molecule has 1 saturated carbocycles. The van der Waals surface area contributed by atoms with Crippen molar-refractivity contribution >= 4 is 51.3 Å². The highest BCUT2D eigenvalue weighted by Crippen LogP contribution is 2.42. The molecule has 2 nitrogen and oxygen atoms in total. The van der Waals surface area contributed by atoms with E-state index in [-0.39, 0.29) is 0 Å². The van der Waals surface area contributed by atoms with Crippen LogP contribution in [0.4, 0.5) is 0 Å². The molecule has 1 fully saturated rings. The van der Waals surface area contributed by atoms with Gasteiger partial charge in [0.1, 0.15) is 10.5 Å². The maximum absolute atomic E-state index is 6.20. The number of hydrogen-bond donors (Lipinski definition) is 1. The molecule has 0 saturated heterocycles. The number of nitrogens with one attached hydrogen (secondary N) is 1. The van der Waals surface area contributed by atoms with E-state index in [4.69, 9.17) is 35.4 Å². The number of hydrogen-bond acceptors (Lipinski definition) is 2. The van der Waals surface area contributed by atoms with Crippen molar-refractivity contribution in [1.29, 1.82) is 0 Å². The van der Waals surface area contributed by atoms with Crippen LogP contribution in [0.25, 0.3) is 0 Å². The Bertz CT molecular complexity index is 705. The van der Waals surface area contributed by atoms with Gasteiger partial charge in [-0.1, -0.05) is 41.5 Å². The van der Waals surface area contributed by atoms with Crippen LogP contribution in [0.2, 0.25) is 10.0 Å². The van der Waals surface area contributed by atoms with Crippen LogP contribution in [0, 0.1) is 4.64 Å². The van der Waals surface area contributed by atoms with Gasteiger partial charge in [-0.25, -0.2) is 4.98 Å². The standard InChI is InChI=1S/C14H11BrCl2N2S/c15-12-13(7-4-5-7)18-11(19-14(12)20)6-8-9(16)2-1-3-10(8)17/h1-3,7H,4-6H2,(H,18,19,20). The average Bonchev–Trinajstić information content (AvgIpc) is 3.22. The molecule has 0 spiro atoms. The lowest BCUT2D eigenvalue weighted by Crippen LogP contribution is -2.02. The van der Waals surface area contributed by atoms with E-state index < -0.39 is 0 Å². The van der Waals surface area contributed by atoms with Crippen LogP contribution < -0.4 is 0 Å². The Labute approximate surface area is 140 Å². The minimum absolute atomic E-state index is 0.551. The first-order chi connectivity index (χ1) is 9.56. The summed E-state index contributed by atoms with van der Waals surface area (Å²) in [6, 6.07) is 5.50. The number of nitrogens with zero attached hydrogens (tertiary/aromatic N) is 1. The molecule has 1 heterocycles. The van der Waals surface area contributed by atoms with Gasteiger partial charge in [0, 0.05) is 28.1 Å². The molecule has 1 aliphatic rings. The van der Waals surface area contributed by atoms with Gasteiger partial charge in [0.15, 0.2) is 0 Å². The maximum Gasteiger partial charge on any atom is 0.144 e. The van der Waals surface area contributed by atoms with Crippen LogP contribution in [0.1, 0.15) is 35.8 Å². The molecule has 2 aromatic rings. The van der Waals surface area contributed by atoms with Gasteiger partial charge in [0.25, 0.3) is 0 Å². The molecule has 0 radical (unpaired) electrons. The second-order valence-corrected chi connectivity index (χ2v) is 6.86. The van der Waals surface area contributed by atoms with Gasteiger partial charge in [-0.2, -0.15) is 0 Å². The Morgan fingerprint density at radius 1 is 1.30 bits per heavy atom. The zero-order chi connectivity index (χ0) is 14.3. The maximum atomic E-state index is 6.20. The third kappa shape index (κ3) is 2.93. The molecule has 0 unspecified atom stereocenters. The molecule has 0 bridgehead atoms. The summed E-state index contributed by atoms with van der Waals surface area (Å²) in [5.41, 5.74) is 2.02. The predicted octanol–water partition coefficient (Wildman–Crippen LogP) is 5.68. The van der Waals surface area contributed by atoms with Crippen LogP contribution in [-0.4, -0.2) is 9.97 Å². The Morgan fingerprint density at radius 2 is 1.95 bits per heavy atom. The van der Waals surface area contributed by atoms with E-state index in [1.807, 2.05) is 18.2 Å². The number of rotatable bonds is 3. The molecule has 6 heteroatoms. The number of benzene rings is 1. The zero-order valence-corrected chi connectivity index (χ0v) is 14.3. The van der Waals surface area contributed by atoms with Crippen LogP contribution in [0.5, 0.6) is 0 Å². The molecule has 1 N–H and O–H groups in total. The van der Waals surface area contributed by atoms with E-state index in [1.165, 1.54) is 12.8 Å². The van der Waals surface area contributed by atoms with Crippen molar-refractivity contribution in [2.45, 2.75) is 25.2 Å². The smallest absolute Gasteiger partial charge is 0.144 e. The molecule has 104 valence electrons. The molecule has 0 aliphatic heterocycles. The van der Waals surface area contributed by atoms with Gasteiger partial charge < -0.3 is 4.98 Å². The van der Waals surface area contributed by atoms with Gasteiger partial charge in [-0.3, -0.25) is 0 Å². The number of halogens is 3. The monoisotopic (exact) mass is 388 g/mol. The molecule has 20 heavy (non-hydrogen) atoms. The van der Waals surface area contributed by atoms with Crippen LogP contribution in [0.15, 0.2) is 22.7 Å². The van der Waals surface area contributed by atoms with Crippen LogP contribution >= 0.6 is 51.3 Å². The van der Waals surface area contributed by atoms with Crippen molar-refractivity contribution in [2.75, 3.05) is 0 Å². The second-order valence-electron chi connectivity index (χ2n) is 4.87. The molecule has 3 rings (SSSR count). The normalized spacial score (nSPS) is 14.6. The summed E-state index contributed by atoms with van der Waals surface area (Å²) in [6.45, 7) is 0. The predicted molar refractivity (Wildman–Crippen MR) is 88.4 cm³/mol. The summed E-state index contributed by atoms with van der Waals surface area (Å²) in [7, 11) is 0. The van der Waals surface area contributed by atoms with E-state index in [1.54, 1.807) is 0 Å². The topological polar surface area (TPSA) is 28.7 Å². The van der Waals surface area contributed by atoms with Crippen molar-refractivity contribution < 1.29 is 0 Å². The minimum atomic E-state index is 0.551. The Kier molecular flexibility index (Phi) is 4.18. The zero-order valence-electron chi connectivity index (χ0n) is 10.4. The van der Waals surface area contributed by atoms with Gasteiger partial charge in [-0.05, 0) is 46.5 Å². The summed E-state index contributed by atoms with van der Waals surface area (Å²) < 4.78 is 1.49. The highest BCUT2D eigenvalue weighted by Gasteiger charge is 2.27. The summed E-state index contributed by atoms with van der Waals surface area (Å²) in [5.74, 6) is 1.37. The molecular formula is C14H11BrCl2N2S. The van der Waals surface area contributed by atoms with E-state index in [0.717, 1.165) is 21.6 Å². The third-order valence-corrected chi connectivity index (χ3v) is 5.40. The number of aromatic nitrogens is 2. The van der Waals surface area contributed by atoms with Gasteiger partial charge >= 0.3 is 0 Å². The van der Waals surface area contributed by atoms with Crippen molar-refractivity contribution in [2.24, 2.45) is 0 Å². The van der Waals surface area contributed by atoms with E-state index in [2.05, 4.69) is 25.9 Å². The first-order valence-corrected chi connectivity index (χ1v) is 8.23. The first-order valence-electron chi connectivity index (χ1n) is 6.27. The largest absolute Gasteiger partial charge is 0.346 e. The molecule has 1 aliphatic carbocycles.